The first kappa shape index (κ1) is 21.1. The van der Waals surface area contributed by atoms with Crippen molar-refractivity contribution in [2.45, 2.75) is 31.7 Å². The number of aromatic nitrogens is 2. The number of hydrogen-bond acceptors (Lipinski definition) is 6. The Morgan fingerprint density at radius 1 is 1.03 bits per heavy atom. The highest BCUT2D eigenvalue weighted by molar-refractivity contribution is 7.89. The van der Waals surface area contributed by atoms with Gasteiger partial charge in [0.15, 0.2) is 0 Å². The van der Waals surface area contributed by atoms with Crippen LogP contribution in [0, 0.1) is 5.92 Å². The minimum Gasteiger partial charge on any atom is -0.320 e. The lowest BCUT2D eigenvalue weighted by Gasteiger charge is -2.08. The smallest absolute Gasteiger partial charge is 0.286 e. The monoisotopic (exact) mass is 430 g/mol. The summed E-state index contributed by atoms with van der Waals surface area (Å²) in [5.74, 6) is 0.116. The molecule has 0 aliphatic rings. The molecule has 1 heterocycles. The Hall–Kier alpha value is -2.62. The van der Waals surface area contributed by atoms with Gasteiger partial charge in [0.2, 0.25) is 15.0 Å². The predicted molar refractivity (Wildman–Crippen MR) is 113 cm³/mol. The van der Waals surface area contributed by atoms with E-state index in [2.05, 4.69) is 34.1 Å². The van der Waals surface area contributed by atoms with E-state index in [1.165, 1.54) is 0 Å². The van der Waals surface area contributed by atoms with E-state index < -0.39 is 10.0 Å². The lowest BCUT2D eigenvalue weighted by atomic mass is 10.0. The number of para-hydroxylation sites is 1. The van der Waals surface area contributed by atoms with Crippen molar-refractivity contribution in [2.24, 2.45) is 5.92 Å². The second-order valence-electron chi connectivity index (χ2n) is 6.89. The lowest BCUT2D eigenvalue weighted by Crippen LogP contribution is -2.23. The normalized spacial score (nSPS) is 11.6. The first-order valence-corrected chi connectivity index (χ1v) is 11.4. The molecule has 3 rings (SSSR count). The van der Waals surface area contributed by atoms with Crippen molar-refractivity contribution < 1.29 is 13.2 Å². The zero-order valence-electron chi connectivity index (χ0n) is 16.1. The van der Waals surface area contributed by atoms with Crippen LogP contribution in [0.4, 0.5) is 5.69 Å². The van der Waals surface area contributed by atoms with Gasteiger partial charge in [-0.3, -0.25) is 4.79 Å². The van der Waals surface area contributed by atoms with Crippen molar-refractivity contribution in [3.8, 4) is 0 Å². The molecule has 0 saturated carbocycles. The van der Waals surface area contributed by atoms with Crippen LogP contribution in [-0.4, -0.2) is 24.5 Å². The number of hydrogen-bond donors (Lipinski definition) is 2. The van der Waals surface area contributed by atoms with Crippen LogP contribution in [0.3, 0.4) is 0 Å². The minimum absolute atomic E-state index is 0.0354. The third-order valence-corrected chi connectivity index (χ3v) is 6.32. The van der Waals surface area contributed by atoms with Gasteiger partial charge in [-0.05, 0) is 42.2 Å². The summed E-state index contributed by atoms with van der Waals surface area (Å²) in [4.78, 5) is 12.4. The van der Waals surface area contributed by atoms with Gasteiger partial charge in [0.1, 0.15) is 5.01 Å². The van der Waals surface area contributed by atoms with Gasteiger partial charge in [-0.2, -0.15) is 0 Å². The van der Waals surface area contributed by atoms with Crippen LogP contribution < -0.4 is 10.0 Å². The molecule has 3 aromatic rings. The molecule has 0 radical (unpaired) electrons. The fourth-order valence-corrected chi connectivity index (χ4v) is 4.39. The van der Waals surface area contributed by atoms with Crippen LogP contribution in [-0.2, 0) is 23.0 Å². The average molecular weight is 431 g/mol. The summed E-state index contributed by atoms with van der Waals surface area (Å²) in [5.41, 5.74) is 1.74. The Bertz CT molecular complexity index is 1060. The third-order valence-electron chi connectivity index (χ3n) is 3.98. The van der Waals surface area contributed by atoms with Gasteiger partial charge in [-0.1, -0.05) is 55.5 Å². The zero-order chi connectivity index (χ0) is 20.9. The maximum absolute atomic E-state index is 12.5. The minimum atomic E-state index is -3.67. The first-order chi connectivity index (χ1) is 13.8. The Morgan fingerprint density at radius 2 is 1.72 bits per heavy atom. The lowest BCUT2D eigenvalue weighted by molar-refractivity contribution is 0.102. The van der Waals surface area contributed by atoms with Crippen LogP contribution >= 0.6 is 11.3 Å². The predicted octanol–water partition coefficient (Wildman–Crippen LogP) is 3.47. The summed E-state index contributed by atoms with van der Waals surface area (Å²) in [6.07, 6.45) is 0.895. The summed E-state index contributed by atoms with van der Waals surface area (Å²) in [5, 5.41) is 11.0. The van der Waals surface area contributed by atoms with Crippen LogP contribution in [0.15, 0.2) is 59.5 Å². The molecular formula is C20H22N4O3S2. The Morgan fingerprint density at radius 3 is 2.38 bits per heavy atom. The van der Waals surface area contributed by atoms with Gasteiger partial charge in [-0.25, -0.2) is 13.1 Å². The largest absolute Gasteiger partial charge is 0.320 e. The highest BCUT2D eigenvalue weighted by Crippen LogP contribution is 2.16. The fourth-order valence-electron chi connectivity index (χ4n) is 2.64. The Balaban J connectivity index is 1.60. The number of nitrogens with one attached hydrogen (secondary N) is 2. The summed E-state index contributed by atoms with van der Waals surface area (Å²) in [6.45, 7) is 4.19. The van der Waals surface area contributed by atoms with E-state index in [9.17, 15) is 13.2 Å². The molecule has 0 atom stereocenters. The highest BCUT2D eigenvalue weighted by atomic mass is 32.2. The Labute approximate surface area is 174 Å². The summed E-state index contributed by atoms with van der Waals surface area (Å²) in [7, 11) is -3.67. The first-order valence-electron chi connectivity index (χ1n) is 9.11. The molecule has 1 amide bonds. The van der Waals surface area contributed by atoms with Crippen molar-refractivity contribution in [2.75, 3.05) is 5.32 Å². The molecule has 0 fully saturated rings. The number of nitrogens with zero attached hydrogens (tertiary/aromatic N) is 2. The molecular weight excluding hydrogens is 408 g/mol. The van der Waals surface area contributed by atoms with Crippen molar-refractivity contribution >= 4 is 33.0 Å². The number of carbonyl (C=O) groups excluding carboxylic acids is 1. The number of anilines is 1. The second-order valence-corrected chi connectivity index (χ2v) is 9.72. The number of rotatable bonds is 8. The van der Waals surface area contributed by atoms with Crippen LogP contribution in [0.2, 0.25) is 0 Å². The summed E-state index contributed by atoms with van der Waals surface area (Å²) < 4.78 is 27.5. The van der Waals surface area contributed by atoms with E-state index in [-0.39, 0.29) is 22.4 Å². The standard InChI is InChI=1S/C20H22N4O3S2/c1-14(2)12-15-8-10-17(11-9-15)29(26,27)21-13-18-23-24-20(28-18)19(25)22-16-6-4-3-5-7-16/h3-11,14,21H,12-13H2,1-2H3,(H,22,25). The van der Waals surface area contributed by atoms with Crippen LogP contribution in [0.1, 0.15) is 34.2 Å². The number of benzene rings is 2. The van der Waals surface area contributed by atoms with Gasteiger partial charge in [0.05, 0.1) is 11.4 Å². The van der Waals surface area contributed by atoms with E-state index in [1.807, 2.05) is 30.3 Å². The van der Waals surface area contributed by atoms with E-state index in [1.54, 1.807) is 24.3 Å². The van der Waals surface area contributed by atoms with Crippen molar-refractivity contribution in [1.82, 2.24) is 14.9 Å². The van der Waals surface area contributed by atoms with Gasteiger partial charge in [0.25, 0.3) is 5.91 Å². The molecule has 0 spiro atoms. The molecule has 0 bridgehead atoms. The van der Waals surface area contributed by atoms with E-state index >= 15 is 0 Å². The molecule has 0 aliphatic heterocycles. The highest BCUT2D eigenvalue weighted by Gasteiger charge is 2.17. The summed E-state index contributed by atoms with van der Waals surface area (Å²) in [6, 6.07) is 15.8. The topological polar surface area (TPSA) is 101 Å². The average Bonchev–Trinajstić information content (AvgIpc) is 3.17. The molecule has 9 heteroatoms. The van der Waals surface area contributed by atoms with Gasteiger partial charge >= 0.3 is 0 Å². The fraction of sp³-hybridized carbons (Fsp3) is 0.250. The van der Waals surface area contributed by atoms with Gasteiger partial charge in [-0.15, -0.1) is 10.2 Å². The molecule has 2 aromatic carbocycles. The molecule has 152 valence electrons. The third kappa shape index (κ3) is 5.93. The van der Waals surface area contributed by atoms with Crippen molar-refractivity contribution in [3.63, 3.8) is 0 Å². The van der Waals surface area contributed by atoms with Crippen LogP contribution in [0.25, 0.3) is 0 Å². The van der Waals surface area contributed by atoms with E-state index in [4.69, 9.17) is 0 Å². The van der Waals surface area contributed by atoms with Crippen molar-refractivity contribution in [3.05, 3.63) is 70.2 Å². The number of carbonyl (C=O) groups is 1. The number of amides is 1. The van der Waals surface area contributed by atoms with E-state index in [0.717, 1.165) is 23.3 Å². The maximum atomic E-state index is 12.5. The number of sulfonamides is 1. The molecule has 2 N–H and O–H groups in total. The summed E-state index contributed by atoms with van der Waals surface area (Å²) >= 11 is 1.04. The maximum Gasteiger partial charge on any atom is 0.286 e. The molecule has 0 saturated heterocycles. The SMILES string of the molecule is CC(C)Cc1ccc(S(=O)(=O)NCc2nnc(C(=O)Nc3ccccc3)s2)cc1. The van der Waals surface area contributed by atoms with E-state index in [0.29, 0.717) is 16.6 Å². The van der Waals surface area contributed by atoms with Gasteiger partial charge < -0.3 is 5.32 Å². The molecule has 1 aromatic heterocycles. The molecule has 7 nitrogen and oxygen atoms in total. The molecule has 0 unspecified atom stereocenters. The van der Waals surface area contributed by atoms with Crippen molar-refractivity contribution in [1.29, 1.82) is 0 Å². The second kappa shape index (κ2) is 9.25. The quantitative estimate of drug-likeness (QED) is 0.570. The Kier molecular flexibility index (Phi) is 6.73. The van der Waals surface area contributed by atoms with Gasteiger partial charge in [0, 0.05) is 5.69 Å². The zero-order valence-corrected chi connectivity index (χ0v) is 17.8. The van der Waals surface area contributed by atoms with Crippen LogP contribution in [0.5, 0.6) is 0 Å². The molecule has 29 heavy (non-hydrogen) atoms. The molecule has 0 aliphatic carbocycles.